The Morgan fingerprint density at radius 3 is 2.56 bits per heavy atom. The Balaban J connectivity index is 2.32. The number of aliphatic carboxylic acids is 1. The van der Waals surface area contributed by atoms with E-state index < -0.39 is 5.97 Å². The molecule has 1 aromatic carbocycles. The highest BCUT2D eigenvalue weighted by Gasteiger charge is 2.03. The van der Waals surface area contributed by atoms with Crippen molar-refractivity contribution < 1.29 is 9.90 Å². The first kappa shape index (κ1) is 14.7. The Hall–Kier alpha value is -1.35. The van der Waals surface area contributed by atoms with Crippen LogP contribution in [-0.4, -0.2) is 17.6 Å². The van der Waals surface area contributed by atoms with Crippen LogP contribution in [-0.2, 0) is 11.3 Å². The molecule has 0 saturated carbocycles. The van der Waals surface area contributed by atoms with E-state index in [-0.39, 0.29) is 6.42 Å². The van der Waals surface area contributed by atoms with Gasteiger partial charge in [-0.2, -0.15) is 0 Å². The van der Waals surface area contributed by atoms with Gasteiger partial charge in [-0.3, -0.25) is 4.79 Å². The van der Waals surface area contributed by atoms with Crippen LogP contribution in [0.15, 0.2) is 12.1 Å². The molecule has 0 heterocycles. The number of carboxylic acids is 1. The van der Waals surface area contributed by atoms with Crippen LogP contribution in [0.4, 0.5) is 0 Å². The molecular weight excluding hydrogens is 226 g/mol. The van der Waals surface area contributed by atoms with E-state index in [1.54, 1.807) is 0 Å². The molecule has 100 valence electrons. The van der Waals surface area contributed by atoms with Crippen LogP contribution in [0.3, 0.4) is 0 Å². The van der Waals surface area contributed by atoms with Gasteiger partial charge in [0, 0.05) is 13.0 Å². The summed E-state index contributed by atoms with van der Waals surface area (Å²) in [5, 5.41) is 11.9. The van der Waals surface area contributed by atoms with Crippen molar-refractivity contribution in [3.8, 4) is 0 Å². The SMILES string of the molecule is Cc1ccc(CNCCCCC(=O)O)c(C)c1C. The Bertz CT molecular complexity index is 413. The van der Waals surface area contributed by atoms with Crippen LogP contribution in [0.25, 0.3) is 0 Å². The maximum Gasteiger partial charge on any atom is 0.303 e. The van der Waals surface area contributed by atoms with Crippen molar-refractivity contribution >= 4 is 5.97 Å². The molecule has 0 radical (unpaired) electrons. The number of unbranched alkanes of at least 4 members (excludes halogenated alkanes) is 1. The maximum absolute atomic E-state index is 10.3. The smallest absolute Gasteiger partial charge is 0.303 e. The highest BCUT2D eigenvalue weighted by Crippen LogP contribution is 2.16. The van der Waals surface area contributed by atoms with Crippen LogP contribution < -0.4 is 5.32 Å². The lowest BCUT2D eigenvalue weighted by atomic mass is 9.99. The molecule has 3 heteroatoms. The summed E-state index contributed by atoms with van der Waals surface area (Å²) in [6, 6.07) is 4.33. The summed E-state index contributed by atoms with van der Waals surface area (Å²) >= 11 is 0. The van der Waals surface area contributed by atoms with Crippen molar-refractivity contribution in [2.75, 3.05) is 6.54 Å². The largest absolute Gasteiger partial charge is 0.481 e. The minimum absolute atomic E-state index is 0.268. The summed E-state index contributed by atoms with van der Waals surface area (Å²) in [5.74, 6) is -0.708. The highest BCUT2D eigenvalue weighted by molar-refractivity contribution is 5.66. The fourth-order valence-corrected chi connectivity index (χ4v) is 1.95. The number of nitrogens with one attached hydrogen (secondary N) is 1. The van der Waals surface area contributed by atoms with Crippen molar-refractivity contribution in [2.45, 2.75) is 46.6 Å². The molecule has 0 bridgehead atoms. The van der Waals surface area contributed by atoms with E-state index in [2.05, 4.69) is 38.2 Å². The molecule has 0 aromatic heterocycles. The summed E-state index contributed by atoms with van der Waals surface area (Å²) in [6.07, 6.45) is 1.93. The predicted octanol–water partition coefficient (Wildman–Crippen LogP) is 2.96. The zero-order chi connectivity index (χ0) is 13.5. The number of aryl methyl sites for hydroxylation is 1. The minimum Gasteiger partial charge on any atom is -0.481 e. The Kier molecular flexibility index (Phi) is 5.86. The van der Waals surface area contributed by atoms with Crippen LogP contribution in [0, 0.1) is 20.8 Å². The van der Waals surface area contributed by atoms with Gasteiger partial charge in [-0.25, -0.2) is 0 Å². The van der Waals surface area contributed by atoms with Crippen LogP contribution in [0.5, 0.6) is 0 Å². The molecular formula is C15H23NO2. The van der Waals surface area contributed by atoms with E-state index in [0.717, 1.165) is 25.9 Å². The lowest BCUT2D eigenvalue weighted by Gasteiger charge is -2.12. The zero-order valence-electron chi connectivity index (χ0n) is 11.5. The molecule has 1 rings (SSSR count). The number of benzene rings is 1. The number of carboxylic acid groups (broad SMARTS) is 1. The van der Waals surface area contributed by atoms with E-state index in [4.69, 9.17) is 5.11 Å². The molecule has 1 aromatic rings. The first-order valence-corrected chi connectivity index (χ1v) is 6.50. The lowest BCUT2D eigenvalue weighted by Crippen LogP contribution is -2.16. The Morgan fingerprint density at radius 1 is 1.17 bits per heavy atom. The standard InChI is InChI=1S/C15H23NO2/c1-11-7-8-14(13(3)12(11)2)10-16-9-5-4-6-15(17)18/h7-8,16H,4-6,9-10H2,1-3H3,(H,17,18). The molecule has 0 spiro atoms. The third-order valence-corrected chi connectivity index (χ3v) is 3.48. The van der Waals surface area contributed by atoms with Gasteiger partial charge in [0.1, 0.15) is 0 Å². The minimum atomic E-state index is -0.708. The van der Waals surface area contributed by atoms with Gasteiger partial charge in [0.15, 0.2) is 0 Å². The topological polar surface area (TPSA) is 49.3 Å². The van der Waals surface area contributed by atoms with Gasteiger partial charge in [0.2, 0.25) is 0 Å². The second kappa shape index (κ2) is 7.17. The second-order valence-electron chi connectivity index (χ2n) is 4.82. The van der Waals surface area contributed by atoms with Gasteiger partial charge in [-0.05, 0) is 62.4 Å². The molecule has 0 aliphatic carbocycles. The quantitative estimate of drug-likeness (QED) is 0.730. The van der Waals surface area contributed by atoms with E-state index in [0.29, 0.717) is 0 Å². The third kappa shape index (κ3) is 4.49. The molecule has 2 N–H and O–H groups in total. The summed E-state index contributed by atoms with van der Waals surface area (Å²) in [6.45, 7) is 8.18. The molecule has 0 unspecified atom stereocenters. The van der Waals surface area contributed by atoms with Gasteiger partial charge in [-0.1, -0.05) is 12.1 Å². The van der Waals surface area contributed by atoms with Gasteiger partial charge in [0.25, 0.3) is 0 Å². The average molecular weight is 249 g/mol. The first-order valence-electron chi connectivity index (χ1n) is 6.50. The van der Waals surface area contributed by atoms with Crippen LogP contribution >= 0.6 is 0 Å². The molecule has 0 amide bonds. The number of rotatable bonds is 7. The van der Waals surface area contributed by atoms with Crippen LogP contribution in [0.2, 0.25) is 0 Å². The van der Waals surface area contributed by atoms with Crippen molar-refractivity contribution in [3.63, 3.8) is 0 Å². The molecule has 3 nitrogen and oxygen atoms in total. The van der Waals surface area contributed by atoms with Crippen molar-refractivity contribution in [1.82, 2.24) is 5.32 Å². The monoisotopic (exact) mass is 249 g/mol. The van der Waals surface area contributed by atoms with Gasteiger partial charge in [-0.15, -0.1) is 0 Å². The Morgan fingerprint density at radius 2 is 1.89 bits per heavy atom. The van der Waals surface area contributed by atoms with E-state index in [1.807, 2.05) is 0 Å². The van der Waals surface area contributed by atoms with Crippen molar-refractivity contribution in [1.29, 1.82) is 0 Å². The molecule has 0 aliphatic heterocycles. The third-order valence-electron chi connectivity index (χ3n) is 3.48. The molecule has 18 heavy (non-hydrogen) atoms. The molecule has 0 fully saturated rings. The summed E-state index contributed by atoms with van der Waals surface area (Å²) in [5.41, 5.74) is 5.38. The number of hydrogen-bond acceptors (Lipinski definition) is 2. The fourth-order valence-electron chi connectivity index (χ4n) is 1.95. The summed E-state index contributed by atoms with van der Waals surface area (Å²) in [7, 11) is 0. The fraction of sp³-hybridized carbons (Fsp3) is 0.533. The van der Waals surface area contributed by atoms with E-state index in [9.17, 15) is 4.79 Å². The van der Waals surface area contributed by atoms with Crippen molar-refractivity contribution in [2.24, 2.45) is 0 Å². The molecule has 0 saturated heterocycles. The lowest BCUT2D eigenvalue weighted by molar-refractivity contribution is -0.137. The normalized spacial score (nSPS) is 10.6. The maximum atomic E-state index is 10.3. The molecule has 0 aliphatic rings. The predicted molar refractivity (Wildman–Crippen MR) is 73.8 cm³/mol. The van der Waals surface area contributed by atoms with Gasteiger partial charge in [0.05, 0.1) is 0 Å². The van der Waals surface area contributed by atoms with E-state index >= 15 is 0 Å². The van der Waals surface area contributed by atoms with Gasteiger partial charge >= 0.3 is 5.97 Å². The van der Waals surface area contributed by atoms with Crippen molar-refractivity contribution in [3.05, 3.63) is 34.4 Å². The first-order chi connectivity index (χ1) is 8.52. The second-order valence-corrected chi connectivity index (χ2v) is 4.82. The van der Waals surface area contributed by atoms with Gasteiger partial charge < -0.3 is 10.4 Å². The summed E-state index contributed by atoms with van der Waals surface area (Å²) < 4.78 is 0. The summed E-state index contributed by atoms with van der Waals surface area (Å²) in [4.78, 5) is 10.3. The number of carbonyl (C=O) groups is 1. The average Bonchev–Trinajstić information content (AvgIpc) is 2.33. The highest BCUT2D eigenvalue weighted by atomic mass is 16.4. The molecule has 0 atom stereocenters. The Labute approximate surface area is 109 Å². The van der Waals surface area contributed by atoms with E-state index in [1.165, 1.54) is 22.3 Å². The van der Waals surface area contributed by atoms with Crippen LogP contribution in [0.1, 0.15) is 41.5 Å². The number of hydrogen-bond donors (Lipinski definition) is 2. The zero-order valence-corrected chi connectivity index (χ0v) is 11.5.